The lowest BCUT2D eigenvalue weighted by atomic mass is 10.1. The second-order valence-corrected chi connectivity index (χ2v) is 10.6. The molecule has 5 heterocycles. The van der Waals surface area contributed by atoms with Crippen molar-refractivity contribution in [3.8, 4) is 34.0 Å². The van der Waals surface area contributed by atoms with Gasteiger partial charge < -0.3 is 20.5 Å². The quantitative estimate of drug-likeness (QED) is 0.160. The van der Waals surface area contributed by atoms with Gasteiger partial charge in [-0.15, -0.1) is 0 Å². The van der Waals surface area contributed by atoms with E-state index in [0.717, 1.165) is 6.54 Å². The predicted octanol–water partition coefficient (Wildman–Crippen LogP) is 5.62. The van der Waals surface area contributed by atoms with E-state index in [9.17, 15) is 9.18 Å². The molecule has 1 aromatic carbocycles. The number of pyridine rings is 3. The number of aromatic amines is 2. The third-order valence-corrected chi connectivity index (χ3v) is 7.00. The molecular formula is C31H30F2N10O. The Balaban J connectivity index is 1.38. The molecular weight excluding hydrogens is 566 g/mol. The predicted molar refractivity (Wildman–Crippen MR) is 166 cm³/mol. The maximum atomic E-state index is 16.1. The molecule has 6 rings (SSSR count). The largest absolute Gasteiger partial charge is 0.384 e. The van der Waals surface area contributed by atoms with E-state index >= 15 is 4.39 Å². The van der Waals surface area contributed by atoms with Gasteiger partial charge in [0.15, 0.2) is 11.6 Å². The average molecular weight is 597 g/mol. The van der Waals surface area contributed by atoms with Crippen LogP contribution in [0.3, 0.4) is 0 Å². The van der Waals surface area contributed by atoms with Crippen LogP contribution >= 0.6 is 0 Å². The molecule has 0 aliphatic heterocycles. The van der Waals surface area contributed by atoms with Gasteiger partial charge in [0.25, 0.3) is 0 Å². The molecule has 4 N–H and O–H groups in total. The molecule has 0 aliphatic carbocycles. The second kappa shape index (κ2) is 12.1. The van der Waals surface area contributed by atoms with Gasteiger partial charge >= 0.3 is 0 Å². The minimum absolute atomic E-state index is 0.0479. The molecule has 13 heteroatoms. The zero-order valence-corrected chi connectivity index (χ0v) is 24.4. The van der Waals surface area contributed by atoms with Crippen LogP contribution in [0, 0.1) is 11.6 Å². The fraction of sp³-hybridized carbons (Fsp3) is 0.226. The number of anilines is 2. The molecule has 11 nitrogen and oxygen atoms in total. The summed E-state index contributed by atoms with van der Waals surface area (Å²) < 4.78 is 30.8. The van der Waals surface area contributed by atoms with Crippen molar-refractivity contribution in [2.45, 2.75) is 19.8 Å². The maximum absolute atomic E-state index is 16.1. The van der Waals surface area contributed by atoms with Crippen LogP contribution in [-0.2, 0) is 4.79 Å². The number of nitrogens with zero attached hydrogens (tertiary/aromatic N) is 6. The summed E-state index contributed by atoms with van der Waals surface area (Å²) in [4.78, 5) is 35.0. The van der Waals surface area contributed by atoms with Crippen LogP contribution in [0.15, 0.2) is 55.1 Å². The fourth-order valence-electron chi connectivity index (χ4n) is 4.95. The van der Waals surface area contributed by atoms with Gasteiger partial charge in [-0.25, -0.2) is 13.8 Å². The number of benzene rings is 1. The second-order valence-electron chi connectivity index (χ2n) is 10.6. The van der Waals surface area contributed by atoms with Crippen LogP contribution in [0.25, 0.3) is 56.0 Å². The summed E-state index contributed by atoms with van der Waals surface area (Å²) in [6, 6.07) is 8.03. The van der Waals surface area contributed by atoms with Gasteiger partial charge in [0.05, 0.1) is 40.2 Å². The van der Waals surface area contributed by atoms with Gasteiger partial charge in [-0.05, 0) is 50.8 Å². The highest BCUT2D eigenvalue weighted by Gasteiger charge is 2.22. The summed E-state index contributed by atoms with van der Waals surface area (Å²) in [7, 11) is 3.93. The van der Waals surface area contributed by atoms with E-state index in [2.05, 4.69) is 40.8 Å². The number of hydrogen-bond donors (Lipinski definition) is 4. The van der Waals surface area contributed by atoms with Gasteiger partial charge in [0.2, 0.25) is 5.91 Å². The van der Waals surface area contributed by atoms with E-state index in [0.29, 0.717) is 70.0 Å². The smallest absolute Gasteiger partial charge is 0.224 e. The molecule has 6 aromatic rings. The Labute approximate surface area is 251 Å². The molecule has 5 aromatic heterocycles. The Bertz CT molecular complexity index is 1980. The number of rotatable bonds is 10. The Kier molecular flexibility index (Phi) is 7.94. The van der Waals surface area contributed by atoms with Crippen molar-refractivity contribution in [3.63, 3.8) is 0 Å². The van der Waals surface area contributed by atoms with Gasteiger partial charge in [0, 0.05) is 48.7 Å². The number of hydrogen-bond acceptors (Lipinski definition) is 8. The zero-order valence-electron chi connectivity index (χ0n) is 24.4. The number of H-pyrrole nitrogens is 2. The first-order chi connectivity index (χ1) is 21.3. The SMILES string of the molecule is CCCC(=O)Nc1cncc(-c2ncc3[nH]nc(-c4nc5c(-c6cc(F)cc(NCCN(C)C)c6)nccc5[nH]4)c3c2F)c1. The lowest BCUT2D eigenvalue weighted by Crippen LogP contribution is -2.20. The summed E-state index contributed by atoms with van der Waals surface area (Å²) in [6.07, 6.45) is 7.14. The highest BCUT2D eigenvalue weighted by Crippen LogP contribution is 2.35. The third-order valence-electron chi connectivity index (χ3n) is 7.00. The number of aromatic nitrogens is 7. The van der Waals surface area contributed by atoms with Gasteiger partial charge in [-0.3, -0.25) is 24.8 Å². The Hall–Kier alpha value is -5.30. The number of likely N-dealkylation sites (N-methyl/N-ethyl adjacent to an activating group) is 1. The molecule has 0 saturated carbocycles. The van der Waals surface area contributed by atoms with Crippen molar-refractivity contribution in [2.24, 2.45) is 0 Å². The average Bonchev–Trinajstić information content (AvgIpc) is 3.62. The normalized spacial score (nSPS) is 11.5. The van der Waals surface area contributed by atoms with Gasteiger partial charge in [-0.2, -0.15) is 5.10 Å². The molecule has 0 saturated heterocycles. The molecule has 0 spiro atoms. The number of amides is 1. The molecule has 44 heavy (non-hydrogen) atoms. The summed E-state index contributed by atoms with van der Waals surface area (Å²) in [6.45, 7) is 3.34. The highest BCUT2D eigenvalue weighted by atomic mass is 19.1. The fourth-order valence-corrected chi connectivity index (χ4v) is 4.95. The zero-order chi connectivity index (χ0) is 30.8. The Morgan fingerprint density at radius 3 is 2.61 bits per heavy atom. The number of nitrogens with one attached hydrogen (secondary N) is 4. The van der Waals surface area contributed by atoms with E-state index in [4.69, 9.17) is 4.98 Å². The number of carbonyl (C=O) groups is 1. The van der Waals surface area contributed by atoms with E-state index in [1.54, 1.807) is 18.3 Å². The molecule has 0 atom stereocenters. The van der Waals surface area contributed by atoms with Crippen LogP contribution in [0.1, 0.15) is 19.8 Å². The first-order valence-corrected chi connectivity index (χ1v) is 14.1. The van der Waals surface area contributed by atoms with Crippen molar-refractivity contribution in [3.05, 3.63) is 66.8 Å². The number of imidazole rings is 1. The van der Waals surface area contributed by atoms with Crippen LogP contribution < -0.4 is 10.6 Å². The molecule has 0 radical (unpaired) electrons. The van der Waals surface area contributed by atoms with Crippen LogP contribution in [0.5, 0.6) is 0 Å². The van der Waals surface area contributed by atoms with Crippen molar-refractivity contribution in [1.82, 2.24) is 40.0 Å². The Morgan fingerprint density at radius 2 is 1.80 bits per heavy atom. The highest BCUT2D eigenvalue weighted by molar-refractivity contribution is 5.98. The molecule has 0 fully saturated rings. The molecule has 0 unspecified atom stereocenters. The van der Waals surface area contributed by atoms with Crippen molar-refractivity contribution in [2.75, 3.05) is 37.8 Å². The van der Waals surface area contributed by atoms with Crippen molar-refractivity contribution in [1.29, 1.82) is 0 Å². The summed E-state index contributed by atoms with van der Waals surface area (Å²) in [5.74, 6) is -0.881. The standard InChI is InChI=1S/C31H30F2N10O/c1-4-5-24(44)38-21-12-18(14-34-15-21)27-26(33)25-23(16-37-27)41-42-30(25)31-39-22-6-7-36-28(29(22)40-31)17-10-19(32)13-20(11-17)35-8-9-43(2)3/h6-7,10-16,35H,4-5,8-9H2,1-3H3,(H,38,44)(H,39,40)(H,41,42). The van der Waals surface area contributed by atoms with Gasteiger partial charge in [-0.1, -0.05) is 6.92 Å². The molecule has 0 aliphatic rings. The van der Waals surface area contributed by atoms with Crippen molar-refractivity contribution >= 4 is 39.2 Å². The van der Waals surface area contributed by atoms with Crippen LogP contribution in [-0.4, -0.2) is 73.1 Å². The van der Waals surface area contributed by atoms with Crippen LogP contribution in [0.4, 0.5) is 20.2 Å². The van der Waals surface area contributed by atoms with E-state index in [1.807, 2.05) is 32.0 Å². The Morgan fingerprint density at radius 1 is 0.955 bits per heavy atom. The first-order valence-electron chi connectivity index (χ1n) is 14.1. The molecule has 224 valence electrons. The summed E-state index contributed by atoms with van der Waals surface area (Å²) in [5, 5.41) is 13.4. The van der Waals surface area contributed by atoms with Crippen LogP contribution in [0.2, 0.25) is 0 Å². The van der Waals surface area contributed by atoms with E-state index in [-0.39, 0.29) is 22.7 Å². The van der Waals surface area contributed by atoms with Gasteiger partial charge in [0.1, 0.15) is 22.7 Å². The van der Waals surface area contributed by atoms with E-state index in [1.165, 1.54) is 30.7 Å². The monoisotopic (exact) mass is 596 g/mol. The first kappa shape index (κ1) is 28.8. The summed E-state index contributed by atoms with van der Waals surface area (Å²) >= 11 is 0. The molecule has 0 bridgehead atoms. The lowest BCUT2D eigenvalue weighted by Gasteiger charge is -2.12. The number of carbonyl (C=O) groups excluding carboxylic acids is 1. The minimum Gasteiger partial charge on any atom is -0.384 e. The summed E-state index contributed by atoms with van der Waals surface area (Å²) in [5.41, 5.74) is 4.25. The third kappa shape index (κ3) is 5.81. The number of fused-ring (bicyclic) bond motifs is 2. The number of halogens is 2. The van der Waals surface area contributed by atoms with Crippen molar-refractivity contribution < 1.29 is 13.6 Å². The maximum Gasteiger partial charge on any atom is 0.224 e. The topological polar surface area (TPSA) is 140 Å². The lowest BCUT2D eigenvalue weighted by molar-refractivity contribution is -0.116. The molecule has 1 amide bonds. The minimum atomic E-state index is -0.623. The van der Waals surface area contributed by atoms with E-state index < -0.39 is 11.6 Å².